The quantitative estimate of drug-likeness (QED) is 0.649. The maximum Gasteiger partial charge on any atom is 0.150 e. The molecule has 0 aliphatic carbocycles. The van der Waals surface area contributed by atoms with E-state index in [1.165, 1.54) is 6.07 Å². The number of benzene rings is 1. The number of hydrogen-bond acceptors (Lipinski definition) is 3. The second-order valence-corrected chi connectivity index (χ2v) is 7.48. The third kappa shape index (κ3) is 2.35. The maximum atomic E-state index is 14.4. The van der Waals surface area contributed by atoms with E-state index in [1.54, 1.807) is 17.8 Å². The number of aromatic nitrogens is 2. The zero-order valence-electron chi connectivity index (χ0n) is 13.9. The van der Waals surface area contributed by atoms with E-state index in [-0.39, 0.29) is 11.4 Å². The average Bonchev–Trinajstić information content (AvgIpc) is 2.98. The van der Waals surface area contributed by atoms with Gasteiger partial charge in [-0.2, -0.15) is 0 Å². The van der Waals surface area contributed by atoms with Crippen LogP contribution in [-0.2, 0) is 6.42 Å². The van der Waals surface area contributed by atoms with Gasteiger partial charge in [-0.25, -0.2) is 9.37 Å². The Morgan fingerprint density at radius 1 is 1.21 bits per heavy atom. The largest absolute Gasteiger partial charge is 0.297 e. The molecular weight excluding hydrogens is 321 g/mol. The fourth-order valence-corrected chi connectivity index (χ4v) is 3.86. The molecule has 122 valence electrons. The van der Waals surface area contributed by atoms with Gasteiger partial charge in [0.15, 0.2) is 5.65 Å². The molecule has 0 radical (unpaired) electrons. The minimum Gasteiger partial charge on any atom is -0.297 e. The van der Waals surface area contributed by atoms with Crippen LogP contribution in [0.25, 0.3) is 5.65 Å². The van der Waals surface area contributed by atoms with Gasteiger partial charge in [-0.05, 0) is 43.9 Å². The van der Waals surface area contributed by atoms with Crippen molar-refractivity contribution in [2.45, 2.75) is 30.7 Å². The van der Waals surface area contributed by atoms with Gasteiger partial charge in [0.05, 0.1) is 28.0 Å². The van der Waals surface area contributed by atoms with Crippen LogP contribution in [0.15, 0.2) is 52.6 Å². The van der Waals surface area contributed by atoms with Crippen LogP contribution in [0.2, 0.25) is 0 Å². The van der Waals surface area contributed by atoms with Gasteiger partial charge in [-0.15, -0.1) is 11.8 Å². The number of halogens is 1. The lowest BCUT2D eigenvalue weighted by molar-refractivity contribution is 0.492. The minimum atomic E-state index is -0.341. The normalized spacial score (nSPS) is 16.1. The third-order valence-corrected chi connectivity index (χ3v) is 5.12. The minimum absolute atomic E-state index is 0.161. The first-order chi connectivity index (χ1) is 11.5. The molecule has 24 heavy (non-hydrogen) atoms. The molecule has 5 heteroatoms. The Balaban J connectivity index is 2.00. The van der Waals surface area contributed by atoms with Crippen LogP contribution in [0.4, 0.5) is 4.39 Å². The molecule has 1 aromatic carbocycles. The SMILES string of the molecule is CSc1cccn2c(C3=NC(C)(C)Cc4c(F)cccc43)cnc12. The Morgan fingerprint density at radius 2 is 2.04 bits per heavy atom. The summed E-state index contributed by atoms with van der Waals surface area (Å²) in [5.41, 5.74) is 3.89. The first kappa shape index (κ1) is 15.4. The Bertz CT molecular complexity index is 972. The van der Waals surface area contributed by atoms with Crippen LogP contribution in [-0.4, -0.2) is 26.9 Å². The summed E-state index contributed by atoms with van der Waals surface area (Å²) in [4.78, 5) is 10.6. The molecule has 0 saturated heterocycles. The highest BCUT2D eigenvalue weighted by atomic mass is 32.2. The van der Waals surface area contributed by atoms with E-state index in [0.29, 0.717) is 6.42 Å². The summed E-state index contributed by atoms with van der Waals surface area (Å²) in [7, 11) is 0. The number of aliphatic imine (C=N–C) groups is 1. The zero-order valence-corrected chi connectivity index (χ0v) is 14.7. The topological polar surface area (TPSA) is 29.7 Å². The van der Waals surface area contributed by atoms with Crippen LogP contribution in [0, 0.1) is 5.82 Å². The number of nitrogens with zero attached hydrogens (tertiary/aromatic N) is 3. The summed E-state index contributed by atoms with van der Waals surface area (Å²) in [6, 6.07) is 9.28. The molecule has 0 amide bonds. The van der Waals surface area contributed by atoms with Crippen LogP contribution >= 0.6 is 11.8 Å². The molecule has 3 nitrogen and oxygen atoms in total. The summed E-state index contributed by atoms with van der Waals surface area (Å²) in [5.74, 6) is -0.161. The standard InChI is InChI=1S/C19H18FN3S/c1-19(2)10-13-12(6-4-7-14(13)20)17(22-19)15-11-21-18-16(24-3)8-5-9-23(15)18/h4-9,11H,10H2,1-3H3. The molecule has 0 fully saturated rings. The predicted molar refractivity (Wildman–Crippen MR) is 96.8 cm³/mol. The fraction of sp³-hybridized carbons (Fsp3) is 0.263. The fourth-order valence-electron chi connectivity index (χ4n) is 3.31. The van der Waals surface area contributed by atoms with E-state index in [1.807, 2.05) is 49.0 Å². The number of pyridine rings is 1. The lowest BCUT2D eigenvalue weighted by atomic mass is 9.86. The van der Waals surface area contributed by atoms with Crippen LogP contribution < -0.4 is 0 Å². The molecule has 3 heterocycles. The summed E-state index contributed by atoms with van der Waals surface area (Å²) in [5, 5.41) is 0. The highest BCUT2D eigenvalue weighted by Crippen LogP contribution is 2.32. The molecule has 2 aromatic heterocycles. The van der Waals surface area contributed by atoms with Crippen molar-refractivity contribution in [2.24, 2.45) is 4.99 Å². The Labute approximate surface area is 144 Å². The Kier molecular flexibility index (Phi) is 3.49. The molecule has 0 saturated carbocycles. The smallest absolute Gasteiger partial charge is 0.150 e. The van der Waals surface area contributed by atoms with Gasteiger partial charge in [0.2, 0.25) is 0 Å². The molecule has 4 rings (SSSR count). The van der Waals surface area contributed by atoms with Crippen LogP contribution in [0.1, 0.15) is 30.7 Å². The van der Waals surface area contributed by atoms with Gasteiger partial charge >= 0.3 is 0 Å². The number of fused-ring (bicyclic) bond motifs is 2. The molecule has 3 aromatic rings. The average molecular weight is 339 g/mol. The van der Waals surface area contributed by atoms with Gasteiger partial charge < -0.3 is 0 Å². The highest BCUT2D eigenvalue weighted by Gasteiger charge is 2.30. The van der Waals surface area contributed by atoms with E-state index >= 15 is 0 Å². The third-order valence-electron chi connectivity index (χ3n) is 4.36. The monoisotopic (exact) mass is 339 g/mol. The van der Waals surface area contributed by atoms with Crippen molar-refractivity contribution in [3.8, 4) is 0 Å². The Morgan fingerprint density at radius 3 is 2.83 bits per heavy atom. The number of imidazole rings is 1. The Hall–Kier alpha value is -2.14. The number of hydrogen-bond donors (Lipinski definition) is 0. The first-order valence-corrected chi connectivity index (χ1v) is 9.11. The molecular formula is C19H18FN3S. The van der Waals surface area contributed by atoms with E-state index in [2.05, 4.69) is 11.1 Å². The van der Waals surface area contributed by atoms with E-state index in [9.17, 15) is 4.39 Å². The van der Waals surface area contributed by atoms with Crippen LogP contribution in [0.3, 0.4) is 0 Å². The van der Waals surface area contributed by atoms with Crippen molar-refractivity contribution in [3.63, 3.8) is 0 Å². The molecule has 0 bridgehead atoms. The summed E-state index contributed by atoms with van der Waals surface area (Å²) < 4.78 is 16.4. The van der Waals surface area contributed by atoms with Gasteiger partial charge in [0, 0.05) is 18.2 Å². The van der Waals surface area contributed by atoms with Crippen molar-refractivity contribution in [1.82, 2.24) is 9.38 Å². The lowest BCUT2D eigenvalue weighted by Gasteiger charge is -2.29. The van der Waals surface area contributed by atoms with Gasteiger partial charge in [-0.1, -0.05) is 12.1 Å². The predicted octanol–water partition coefficient (Wildman–Crippen LogP) is 4.37. The second-order valence-electron chi connectivity index (χ2n) is 6.63. The molecule has 0 atom stereocenters. The summed E-state index contributed by atoms with van der Waals surface area (Å²) >= 11 is 1.66. The van der Waals surface area contributed by atoms with Crippen molar-refractivity contribution in [3.05, 3.63) is 65.4 Å². The van der Waals surface area contributed by atoms with Crippen molar-refractivity contribution >= 4 is 23.1 Å². The maximum absolute atomic E-state index is 14.4. The summed E-state index contributed by atoms with van der Waals surface area (Å²) in [6.45, 7) is 4.08. The molecule has 1 aliphatic heterocycles. The van der Waals surface area contributed by atoms with Gasteiger partial charge in [-0.3, -0.25) is 9.39 Å². The number of thioether (sulfide) groups is 1. The molecule has 1 aliphatic rings. The molecule has 0 N–H and O–H groups in total. The zero-order chi connectivity index (χ0) is 16.9. The molecule has 0 unspecified atom stereocenters. The highest BCUT2D eigenvalue weighted by molar-refractivity contribution is 7.98. The van der Waals surface area contributed by atoms with Crippen molar-refractivity contribution in [1.29, 1.82) is 0 Å². The van der Waals surface area contributed by atoms with Crippen LogP contribution in [0.5, 0.6) is 0 Å². The van der Waals surface area contributed by atoms with E-state index < -0.39 is 0 Å². The van der Waals surface area contributed by atoms with Gasteiger partial charge in [0.25, 0.3) is 0 Å². The number of rotatable bonds is 2. The van der Waals surface area contributed by atoms with Crippen molar-refractivity contribution in [2.75, 3.05) is 6.26 Å². The summed E-state index contributed by atoms with van der Waals surface area (Å²) in [6.07, 6.45) is 6.46. The molecule has 0 spiro atoms. The second kappa shape index (κ2) is 5.45. The van der Waals surface area contributed by atoms with E-state index in [0.717, 1.165) is 33.1 Å². The first-order valence-electron chi connectivity index (χ1n) is 7.88. The van der Waals surface area contributed by atoms with Crippen molar-refractivity contribution < 1.29 is 4.39 Å². The lowest BCUT2D eigenvalue weighted by Crippen LogP contribution is -2.30. The van der Waals surface area contributed by atoms with Gasteiger partial charge in [0.1, 0.15) is 5.82 Å². The van der Waals surface area contributed by atoms with E-state index in [4.69, 9.17) is 4.99 Å².